The van der Waals surface area contributed by atoms with Crippen LogP contribution in [0.15, 0.2) is 0 Å². The Kier molecular flexibility index (Phi) is 47.6. The average molecular weight is 1060 g/mol. The molecule has 73 heavy (non-hydrogen) atoms. The standard InChI is InChI=1S/C48H96N6O19/c1-47(2,3)72-44(56)8-18-60-28-34-68-26-16-54(45(57)51-11-21-63-31-39-71-40-32-64-22-12-52-46(58)73-48(4,5)6)15-25-67-33-27-59-17-7-43(55)53(13-23-65-35-41-69-37-29-61-19-9-49)14-24-66-36-42-70-38-30-62-20-10-50/h7-42,49-50H2,1-6H3,(H,51,57)(H,52,58). The smallest absolute Gasteiger partial charge is 0.407 e. The summed E-state index contributed by atoms with van der Waals surface area (Å²) in [6, 6.07) is -0.316. The number of esters is 1. The third-order valence-electron chi connectivity index (χ3n) is 8.93. The van der Waals surface area contributed by atoms with Gasteiger partial charge in [-0.25, -0.2) is 9.59 Å². The first-order valence-electron chi connectivity index (χ1n) is 25.6. The van der Waals surface area contributed by atoms with Crippen LogP contribution in [0.25, 0.3) is 0 Å². The number of ether oxygens (including phenoxy) is 15. The first-order valence-corrected chi connectivity index (χ1v) is 25.6. The number of hydrogen-bond acceptors (Lipinski definition) is 21. The molecule has 0 spiro atoms. The van der Waals surface area contributed by atoms with Gasteiger partial charge in [0, 0.05) is 52.4 Å². The molecule has 0 fully saturated rings. The number of amides is 4. The van der Waals surface area contributed by atoms with Crippen molar-refractivity contribution in [2.45, 2.75) is 65.6 Å². The minimum Gasteiger partial charge on any atom is -0.460 e. The molecule has 0 aromatic heterocycles. The molecule has 0 rings (SSSR count). The molecule has 0 aliphatic heterocycles. The van der Waals surface area contributed by atoms with Crippen LogP contribution in [0.1, 0.15) is 54.4 Å². The molecule has 0 aliphatic rings. The van der Waals surface area contributed by atoms with Gasteiger partial charge in [-0.15, -0.1) is 0 Å². The summed E-state index contributed by atoms with van der Waals surface area (Å²) >= 11 is 0. The molecule has 25 heteroatoms. The Labute approximate surface area is 435 Å². The van der Waals surface area contributed by atoms with Crippen molar-refractivity contribution < 1.29 is 90.2 Å². The maximum atomic E-state index is 13.2. The van der Waals surface area contributed by atoms with Crippen LogP contribution >= 0.6 is 0 Å². The molecule has 432 valence electrons. The summed E-state index contributed by atoms with van der Waals surface area (Å²) in [7, 11) is 0. The fourth-order valence-corrected chi connectivity index (χ4v) is 5.56. The van der Waals surface area contributed by atoms with Gasteiger partial charge in [0.05, 0.1) is 185 Å². The van der Waals surface area contributed by atoms with Crippen LogP contribution in [0.5, 0.6) is 0 Å². The summed E-state index contributed by atoms with van der Waals surface area (Å²) in [6.45, 7) is 22.6. The van der Waals surface area contributed by atoms with Crippen LogP contribution < -0.4 is 22.1 Å². The number of urea groups is 1. The van der Waals surface area contributed by atoms with Crippen molar-refractivity contribution in [1.82, 2.24) is 20.4 Å². The van der Waals surface area contributed by atoms with E-state index in [9.17, 15) is 19.2 Å². The Bertz CT molecular complexity index is 1280. The highest BCUT2D eigenvalue weighted by Crippen LogP contribution is 2.08. The van der Waals surface area contributed by atoms with Crippen LogP contribution in [-0.2, 0) is 80.6 Å². The first-order chi connectivity index (χ1) is 35.2. The largest absolute Gasteiger partial charge is 0.460 e. The number of hydrogen-bond donors (Lipinski definition) is 4. The molecule has 0 bridgehead atoms. The van der Waals surface area contributed by atoms with Gasteiger partial charge in [0.1, 0.15) is 11.2 Å². The van der Waals surface area contributed by atoms with E-state index in [1.54, 1.807) is 30.6 Å². The zero-order valence-corrected chi connectivity index (χ0v) is 45.3. The molecule has 0 radical (unpaired) electrons. The number of nitrogens with zero attached hydrogens (tertiary/aromatic N) is 2. The Morgan fingerprint density at radius 2 is 0.658 bits per heavy atom. The Hall–Kier alpha value is -3.12. The van der Waals surface area contributed by atoms with Gasteiger partial charge in [0.25, 0.3) is 0 Å². The van der Waals surface area contributed by atoms with Crippen molar-refractivity contribution in [2.24, 2.45) is 11.5 Å². The van der Waals surface area contributed by atoms with Crippen molar-refractivity contribution in [3.8, 4) is 0 Å². The number of nitrogens with two attached hydrogens (primary N) is 2. The fourth-order valence-electron chi connectivity index (χ4n) is 5.56. The van der Waals surface area contributed by atoms with Gasteiger partial charge in [-0.05, 0) is 41.5 Å². The quantitative estimate of drug-likeness (QED) is 0.0479. The first kappa shape index (κ1) is 69.9. The van der Waals surface area contributed by atoms with Crippen molar-refractivity contribution in [3.63, 3.8) is 0 Å². The molecular weight excluding hydrogens is 965 g/mol. The number of carbonyl (C=O) groups excluding carboxylic acids is 4. The third-order valence-corrected chi connectivity index (χ3v) is 8.93. The second kappa shape index (κ2) is 49.7. The number of carbonyl (C=O) groups is 4. The van der Waals surface area contributed by atoms with E-state index >= 15 is 0 Å². The van der Waals surface area contributed by atoms with Crippen LogP contribution in [0.3, 0.4) is 0 Å². The van der Waals surface area contributed by atoms with Gasteiger partial charge in [-0.3, -0.25) is 9.59 Å². The molecular formula is C48H96N6O19. The van der Waals surface area contributed by atoms with E-state index in [-0.39, 0.29) is 110 Å². The van der Waals surface area contributed by atoms with E-state index in [1.165, 1.54) is 0 Å². The molecule has 0 aromatic rings. The van der Waals surface area contributed by atoms with E-state index in [0.717, 1.165) is 0 Å². The highest BCUT2D eigenvalue weighted by molar-refractivity contribution is 5.76. The van der Waals surface area contributed by atoms with E-state index < -0.39 is 17.3 Å². The highest BCUT2D eigenvalue weighted by Gasteiger charge is 2.18. The maximum absolute atomic E-state index is 13.2. The van der Waals surface area contributed by atoms with Crippen LogP contribution in [0, 0.1) is 0 Å². The Morgan fingerprint density at radius 3 is 1.03 bits per heavy atom. The van der Waals surface area contributed by atoms with E-state index in [2.05, 4.69) is 10.6 Å². The lowest BCUT2D eigenvalue weighted by atomic mass is 10.2. The van der Waals surface area contributed by atoms with Gasteiger partial charge < -0.3 is 103 Å². The lowest BCUT2D eigenvalue weighted by molar-refractivity contribution is -0.156. The molecule has 6 N–H and O–H groups in total. The summed E-state index contributed by atoms with van der Waals surface area (Å²) in [6.07, 6.45) is -0.199. The summed E-state index contributed by atoms with van der Waals surface area (Å²) < 4.78 is 82.7. The van der Waals surface area contributed by atoms with Crippen molar-refractivity contribution in [3.05, 3.63) is 0 Å². The second-order valence-electron chi connectivity index (χ2n) is 17.7. The lowest BCUT2D eigenvalue weighted by Crippen LogP contribution is -2.44. The number of alkyl carbamates (subject to hydrolysis) is 1. The van der Waals surface area contributed by atoms with Gasteiger partial charge in [0.2, 0.25) is 5.91 Å². The Morgan fingerprint density at radius 1 is 0.356 bits per heavy atom. The Balaban J connectivity index is 4.70. The number of nitrogens with one attached hydrogen (secondary N) is 2. The van der Waals surface area contributed by atoms with Crippen LogP contribution in [-0.4, -0.2) is 269 Å². The molecule has 0 saturated heterocycles. The molecule has 0 atom stereocenters. The number of rotatable bonds is 52. The molecule has 25 nitrogen and oxygen atoms in total. The van der Waals surface area contributed by atoms with Crippen molar-refractivity contribution >= 4 is 24.0 Å². The average Bonchev–Trinajstić information content (AvgIpc) is 3.33. The summed E-state index contributed by atoms with van der Waals surface area (Å²) in [5, 5.41) is 5.49. The third kappa shape index (κ3) is 52.1. The monoisotopic (exact) mass is 1060 g/mol. The fraction of sp³-hybridized carbons (Fsp3) is 0.917. The van der Waals surface area contributed by atoms with Crippen LogP contribution in [0.2, 0.25) is 0 Å². The summed E-state index contributed by atoms with van der Waals surface area (Å²) in [4.78, 5) is 53.2. The van der Waals surface area contributed by atoms with E-state index in [0.29, 0.717) is 145 Å². The van der Waals surface area contributed by atoms with Gasteiger partial charge in [-0.2, -0.15) is 0 Å². The minimum absolute atomic E-state index is 0.102. The van der Waals surface area contributed by atoms with Gasteiger partial charge >= 0.3 is 18.1 Å². The highest BCUT2D eigenvalue weighted by atomic mass is 16.6. The zero-order chi connectivity index (χ0) is 53.9. The van der Waals surface area contributed by atoms with Crippen molar-refractivity contribution in [1.29, 1.82) is 0 Å². The normalized spacial score (nSPS) is 11.7. The second-order valence-corrected chi connectivity index (χ2v) is 17.7. The lowest BCUT2D eigenvalue weighted by Gasteiger charge is -2.23. The van der Waals surface area contributed by atoms with Crippen LogP contribution in [0.4, 0.5) is 9.59 Å². The molecule has 0 saturated carbocycles. The summed E-state index contributed by atoms with van der Waals surface area (Å²) in [5.41, 5.74) is 9.71. The topological polar surface area (TPSA) is 289 Å². The van der Waals surface area contributed by atoms with Gasteiger partial charge in [-0.1, -0.05) is 0 Å². The maximum Gasteiger partial charge on any atom is 0.407 e. The molecule has 0 aromatic carbocycles. The molecule has 0 unspecified atom stereocenters. The molecule has 0 heterocycles. The van der Waals surface area contributed by atoms with Gasteiger partial charge in [0.15, 0.2) is 0 Å². The van der Waals surface area contributed by atoms with Crippen molar-refractivity contribution in [2.75, 3.05) is 224 Å². The predicted molar refractivity (Wildman–Crippen MR) is 270 cm³/mol. The summed E-state index contributed by atoms with van der Waals surface area (Å²) in [5.74, 6) is -0.436. The molecule has 4 amide bonds. The zero-order valence-electron chi connectivity index (χ0n) is 45.3. The van der Waals surface area contributed by atoms with E-state index in [4.69, 9.17) is 82.5 Å². The predicted octanol–water partition coefficient (Wildman–Crippen LogP) is 0.606. The molecule has 0 aliphatic carbocycles. The minimum atomic E-state index is -0.562. The van der Waals surface area contributed by atoms with E-state index in [1.807, 2.05) is 20.8 Å². The SMILES string of the molecule is CC(C)(C)OC(=O)CCOCCOCCN(CCOCCOCCC(=O)N(CCOCCOCCOCCN)CCOCCOCCOCCN)C(=O)NCCOCCOCCOCCNC(=O)OC(C)(C)C.